The molecule has 0 aromatic carbocycles. The van der Waals surface area contributed by atoms with Crippen molar-refractivity contribution in [1.82, 2.24) is 15.5 Å². The normalized spacial score (nSPS) is 11.3. The van der Waals surface area contributed by atoms with Gasteiger partial charge in [0.1, 0.15) is 5.60 Å². The molecule has 1 amide bonds. The van der Waals surface area contributed by atoms with Gasteiger partial charge in [-0.25, -0.2) is 4.79 Å². The minimum absolute atomic E-state index is 0.372. The Hall–Kier alpha value is -0.600. The van der Waals surface area contributed by atoms with Crippen molar-refractivity contribution in [1.29, 1.82) is 0 Å². The number of nitrogens with one attached hydrogen (secondary N) is 2. The molecular weight excluding hydrogens is 290 g/mol. The second-order valence-corrected chi connectivity index (χ2v) is 7.52. The van der Waals surface area contributed by atoms with Gasteiger partial charge in [0.15, 0.2) is 8.29 Å². The van der Waals surface area contributed by atoms with Gasteiger partial charge in [0, 0.05) is 12.3 Å². The molecule has 5 nitrogen and oxygen atoms in total. The lowest BCUT2D eigenvalue weighted by atomic mass is 10.2. The van der Waals surface area contributed by atoms with Crippen molar-refractivity contribution in [2.45, 2.75) is 37.1 Å². The Morgan fingerprint density at radius 2 is 2.33 bits per heavy atom. The van der Waals surface area contributed by atoms with Gasteiger partial charge >= 0.3 is 6.09 Å². The highest BCUT2D eigenvalue weighted by Gasteiger charge is 2.15. The average molecular weight is 307 g/mol. The van der Waals surface area contributed by atoms with Crippen molar-refractivity contribution in [3.63, 3.8) is 0 Å². The first-order chi connectivity index (χ1) is 8.37. The van der Waals surface area contributed by atoms with Gasteiger partial charge in [0.2, 0.25) is 0 Å². The van der Waals surface area contributed by atoms with E-state index in [0.29, 0.717) is 10.5 Å². The van der Waals surface area contributed by atoms with Crippen LogP contribution in [0.15, 0.2) is 4.34 Å². The molecule has 0 saturated carbocycles. The van der Waals surface area contributed by atoms with E-state index in [2.05, 4.69) is 15.5 Å². The summed E-state index contributed by atoms with van der Waals surface area (Å²) in [5.74, 6) is 0.881. The van der Waals surface area contributed by atoms with Gasteiger partial charge in [0.25, 0.3) is 0 Å². The van der Waals surface area contributed by atoms with Gasteiger partial charge in [-0.05, 0) is 39.4 Å². The number of rotatable bonds is 5. The summed E-state index contributed by atoms with van der Waals surface area (Å²) in [6.07, 6.45) is 0.485. The van der Waals surface area contributed by atoms with Crippen LogP contribution < -0.4 is 5.32 Å². The maximum absolute atomic E-state index is 11.3. The van der Waals surface area contributed by atoms with Crippen LogP contribution >= 0.6 is 35.3 Å². The number of carbonyl (C=O) groups excluding carboxylic acids is 1. The predicted octanol–water partition coefficient (Wildman–Crippen LogP) is 3.21. The molecule has 1 aromatic rings. The monoisotopic (exact) mass is 307 g/mol. The molecule has 0 aliphatic rings. The Bertz CT molecular complexity index is 436. The zero-order valence-corrected chi connectivity index (χ0v) is 13.1. The zero-order chi connectivity index (χ0) is 13.6. The molecule has 0 atom stereocenters. The molecular formula is C10H17N3O2S3. The van der Waals surface area contributed by atoms with E-state index in [9.17, 15) is 4.79 Å². The van der Waals surface area contributed by atoms with Gasteiger partial charge in [-0.3, -0.25) is 5.10 Å². The fourth-order valence-electron chi connectivity index (χ4n) is 1.01. The van der Waals surface area contributed by atoms with Crippen LogP contribution in [0, 0.1) is 3.95 Å². The van der Waals surface area contributed by atoms with Crippen LogP contribution in [-0.4, -0.2) is 34.2 Å². The number of alkyl carbamates (subject to hydrolysis) is 1. The molecule has 1 rings (SSSR count). The number of ether oxygens (including phenoxy) is 1. The Kier molecular flexibility index (Phi) is 6.10. The van der Waals surface area contributed by atoms with E-state index in [4.69, 9.17) is 17.0 Å². The summed E-state index contributed by atoms with van der Waals surface area (Å²) in [5, 5.41) is 9.47. The maximum atomic E-state index is 11.3. The molecule has 1 aromatic heterocycles. The fourth-order valence-corrected chi connectivity index (χ4v) is 3.11. The van der Waals surface area contributed by atoms with Gasteiger partial charge in [0.05, 0.1) is 0 Å². The summed E-state index contributed by atoms with van der Waals surface area (Å²) in [6, 6.07) is 0. The van der Waals surface area contributed by atoms with Crippen LogP contribution in [0.25, 0.3) is 0 Å². The molecule has 0 aliphatic carbocycles. The lowest BCUT2D eigenvalue weighted by Gasteiger charge is -2.19. The van der Waals surface area contributed by atoms with E-state index in [1.54, 1.807) is 11.8 Å². The number of hydrogen-bond acceptors (Lipinski definition) is 6. The summed E-state index contributed by atoms with van der Waals surface area (Å²) in [5.41, 5.74) is -0.449. The van der Waals surface area contributed by atoms with Crippen molar-refractivity contribution >= 4 is 41.4 Å². The summed E-state index contributed by atoms with van der Waals surface area (Å²) in [6.45, 7) is 6.12. The Morgan fingerprint density at radius 3 is 2.89 bits per heavy atom. The second kappa shape index (κ2) is 7.10. The number of aromatic amines is 1. The van der Waals surface area contributed by atoms with Crippen molar-refractivity contribution in [2.75, 3.05) is 12.3 Å². The second-order valence-electron chi connectivity index (χ2n) is 4.51. The molecule has 18 heavy (non-hydrogen) atoms. The van der Waals surface area contributed by atoms with Gasteiger partial charge in [-0.2, -0.15) is 5.10 Å². The standard InChI is InChI=1S/C10H17N3O2S3/c1-10(2,3)15-7(14)11-5-4-6-17-9-13-12-8(16)18-9/h4-6H2,1-3H3,(H,11,14)(H,12,16). The number of hydrogen-bond donors (Lipinski definition) is 2. The third-order valence-electron chi connectivity index (χ3n) is 1.63. The minimum Gasteiger partial charge on any atom is -0.444 e. The number of thioether (sulfide) groups is 1. The number of H-pyrrole nitrogens is 1. The lowest BCUT2D eigenvalue weighted by Crippen LogP contribution is -2.33. The summed E-state index contributed by atoms with van der Waals surface area (Å²) in [4.78, 5) is 11.3. The highest BCUT2D eigenvalue weighted by atomic mass is 32.2. The van der Waals surface area contributed by atoms with E-state index in [1.165, 1.54) is 11.3 Å². The first-order valence-corrected chi connectivity index (χ1v) is 7.73. The zero-order valence-electron chi connectivity index (χ0n) is 10.6. The maximum Gasteiger partial charge on any atom is 0.407 e. The molecule has 102 valence electrons. The van der Waals surface area contributed by atoms with Crippen LogP contribution in [0.1, 0.15) is 27.2 Å². The summed E-state index contributed by atoms with van der Waals surface area (Å²) in [7, 11) is 0. The molecule has 0 aliphatic heterocycles. The van der Waals surface area contributed by atoms with E-state index in [-0.39, 0.29) is 6.09 Å². The van der Waals surface area contributed by atoms with Crippen LogP contribution in [0.4, 0.5) is 4.79 Å². The summed E-state index contributed by atoms with van der Waals surface area (Å²) >= 11 is 8.02. The topological polar surface area (TPSA) is 67.0 Å². The van der Waals surface area contributed by atoms with Crippen LogP contribution in [-0.2, 0) is 4.74 Å². The van der Waals surface area contributed by atoms with Gasteiger partial charge in [-0.15, -0.1) is 0 Å². The molecule has 0 bridgehead atoms. The van der Waals surface area contributed by atoms with E-state index < -0.39 is 5.60 Å². The Balaban J connectivity index is 2.08. The number of carbonyl (C=O) groups is 1. The van der Waals surface area contributed by atoms with Crippen LogP contribution in [0.2, 0.25) is 0 Å². The van der Waals surface area contributed by atoms with Gasteiger partial charge < -0.3 is 10.1 Å². The molecule has 1 heterocycles. The highest BCUT2D eigenvalue weighted by molar-refractivity contribution is 8.01. The van der Waals surface area contributed by atoms with Crippen molar-refractivity contribution in [3.05, 3.63) is 3.95 Å². The molecule has 0 saturated heterocycles. The SMILES string of the molecule is CC(C)(C)OC(=O)NCCCSc1n[nH]c(=S)s1. The van der Waals surface area contributed by atoms with E-state index in [0.717, 1.165) is 16.5 Å². The molecule has 8 heteroatoms. The largest absolute Gasteiger partial charge is 0.444 e. The third kappa shape index (κ3) is 6.97. The quantitative estimate of drug-likeness (QED) is 0.497. The predicted molar refractivity (Wildman–Crippen MR) is 76.9 cm³/mol. The van der Waals surface area contributed by atoms with E-state index in [1.807, 2.05) is 20.8 Å². The van der Waals surface area contributed by atoms with Crippen LogP contribution in [0.3, 0.4) is 0 Å². The fraction of sp³-hybridized carbons (Fsp3) is 0.700. The van der Waals surface area contributed by atoms with Crippen LogP contribution in [0.5, 0.6) is 0 Å². The smallest absolute Gasteiger partial charge is 0.407 e. The molecule has 0 radical (unpaired) electrons. The van der Waals surface area contributed by atoms with Crippen molar-refractivity contribution in [3.8, 4) is 0 Å². The molecule has 0 unspecified atom stereocenters. The molecule has 0 fully saturated rings. The Labute approximate surface area is 120 Å². The third-order valence-corrected chi connectivity index (χ3v) is 3.95. The first kappa shape index (κ1) is 15.5. The number of aromatic nitrogens is 2. The number of amides is 1. The minimum atomic E-state index is -0.449. The van der Waals surface area contributed by atoms with Crippen molar-refractivity contribution in [2.24, 2.45) is 0 Å². The number of nitrogens with zero attached hydrogens (tertiary/aromatic N) is 1. The van der Waals surface area contributed by atoms with E-state index >= 15 is 0 Å². The molecule has 2 N–H and O–H groups in total. The van der Waals surface area contributed by atoms with Crippen molar-refractivity contribution < 1.29 is 9.53 Å². The van der Waals surface area contributed by atoms with Gasteiger partial charge in [-0.1, -0.05) is 23.1 Å². The first-order valence-electron chi connectivity index (χ1n) is 5.52. The summed E-state index contributed by atoms with van der Waals surface area (Å²) < 4.78 is 6.73. The highest BCUT2D eigenvalue weighted by Crippen LogP contribution is 2.20. The molecule has 0 spiro atoms. The average Bonchev–Trinajstić information content (AvgIpc) is 2.61. The lowest BCUT2D eigenvalue weighted by molar-refractivity contribution is 0.0528. The Morgan fingerprint density at radius 1 is 1.61 bits per heavy atom.